The van der Waals surface area contributed by atoms with Crippen LogP contribution in [0, 0.1) is 0 Å². The maximum absolute atomic E-state index is 5.61. The van der Waals surface area contributed by atoms with Crippen molar-refractivity contribution in [1.29, 1.82) is 0 Å². The number of ether oxygens (including phenoxy) is 1. The predicted octanol–water partition coefficient (Wildman–Crippen LogP) is 3.87. The van der Waals surface area contributed by atoms with Crippen molar-refractivity contribution in [3.05, 3.63) is 47.5 Å². The zero-order valence-corrected chi connectivity index (χ0v) is 9.28. The van der Waals surface area contributed by atoms with Gasteiger partial charge in [0.25, 0.3) is 0 Å². The lowest BCUT2D eigenvalue weighted by molar-refractivity contribution is 0.128. The Labute approximate surface area is 91.8 Å². The van der Waals surface area contributed by atoms with Crippen molar-refractivity contribution in [3.63, 3.8) is 0 Å². The summed E-state index contributed by atoms with van der Waals surface area (Å²) in [6.45, 7) is 0. The molecule has 80 valence electrons. The van der Waals surface area contributed by atoms with Gasteiger partial charge in [-0.1, -0.05) is 36.4 Å². The number of methoxy groups -OCH3 is 1. The maximum atomic E-state index is 5.61. The Bertz CT molecular complexity index is 326. The minimum absolute atomic E-state index is 0.173. The van der Waals surface area contributed by atoms with Crippen molar-refractivity contribution in [2.45, 2.75) is 31.8 Å². The molecule has 15 heavy (non-hydrogen) atoms. The van der Waals surface area contributed by atoms with Crippen LogP contribution in [-0.2, 0) is 4.74 Å². The van der Waals surface area contributed by atoms with Crippen LogP contribution in [0.2, 0.25) is 0 Å². The molecule has 1 aliphatic carbocycles. The molecule has 0 fully saturated rings. The van der Waals surface area contributed by atoms with Crippen molar-refractivity contribution in [2.75, 3.05) is 7.11 Å². The van der Waals surface area contributed by atoms with Crippen LogP contribution in [0.3, 0.4) is 0 Å². The van der Waals surface area contributed by atoms with Crippen LogP contribution in [0.1, 0.15) is 37.4 Å². The first kappa shape index (κ1) is 10.4. The van der Waals surface area contributed by atoms with Crippen molar-refractivity contribution >= 4 is 0 Å². The normalized spacial score (nSPS) is 18.3. The SMILES string of the molecule is COC(C1=CCCCC1)c1ccccc1. The van der Waals surface area contributed by atoms with Crippen LogP contribution in [-0.4, -0.2) is 7.11 Å². The lowest BCUT2D eigenvalue weighted by Gasteiger charge is -2.22. The summed E-state index contributed by atoms with van der Waals surface area (Å²) in [5.41, 5.74) is 2.73. The van der Waals surface area contributed by atoms with Gasteiger partial charge in [0.15, 0.2) is 0 Å². The second-order valence-electron chi connectivity index (χ2n) is 4.05. The molecule has 1 nitrogen and oxygen atoms in total. The van der Waals surface area contributed by atoms with Crippen LogP contribution in [0.25, 0.3) is 0 Å². The summed E-state index contributed by atoms with van der Waals surface area (Å²) in [7, 11) is 1.80. The van der Waals surface area contributed by atoms with Gasteiger partial charge in [0.05, 0.1) is 0 Å². The third-order valence-corrected chi connectivity index (χ3v) is 3.00. The summed E-state index contributed by atoms with van der Waals surface area (Å²) in [6, 6.07) is 10.5. The number of hydrogen-bond donors (Lipinski definition) is 0. The maximum Gasteiger partial charge on any atom is 0.103 e. The van der Waals surface area contributed by atoms with Crippen molar-refractivity contribution in [3.8, 4) is 0 Å². The van der Waals surface area contributed by atoms with E-state index >= 15 is 0 Å². The van der Waals surface area contributed by atoms with Crippen LogP contribution >= 0.6 is 0 Å². The minimum Gasteiger partial charge on any atom is -0.372 e. The quantitative estimate of drug-likeness (QED) is 0.676. The van der Waals surface area contributed by atoms with Gasteiger partial charge < -0.3 is 4.74 Å². The molecule has 0 aromatic heterocycles. The van der Waals surface area contributed by atoms with E-state index in [1.165, 1.54) is 36.8 Å². The van der Waals surface area contributed by atoms with Crippen LogP contribution in [0.5, 0.6) is 0 Å². The van der Waals surface area contributed by atoms with Crippen molar-refractivity contribution < 1.29 is 4.74 Å². The van der Waals surface area contributed by atoms with Gasteiger partial charge in [-0.3, -0.25) is 0 Å². The van der Waals surface area contributed by atoms with Gasteiger partial charge in [-0.15, -0.1) is 0 Å². The average molecular weight is 202 g/mol. The molecule has 0 N–H and O–H groups in total. The second kappa shape index (κ2) is 5.13. The predicted molar refractivity (Wildman–Crippen MR) is 62.7 cm³/mol. The third-order valence-electron chi connectivity index (χ3n) is 3.00. The number of rotatable bonds is 3. The molecule has 1 atom stereocenters. The summed E-state index contributed by atoms with van der Waals surface area (Å²) in [5, 5.41) is 0. The van der Waals surface area contributed by atoms with Crippen LogP contribution in [0.15, 0.2) is 42.0 Å². The Balaban J connectivity index is 2.20. The largest absolute Gasteiger partial charge is 0.372 e. The molecular formula is C14H18O. The van der Waals surface area contributed by atoms with Crippen molar-refractivity contribution in [1.82, 2.24) is 0 Å². The highest BCUT2D eigenvalue weighted by Gasteiger charge is 2.16. The zero-order chi connectivity index (χ0) is 10.5. The van der Waals surface area contributed by atoms with Gasteiger partial charge in [0.2, 0.25) is 0 Å². The summed E-state index contributed by atoms with van der Waals surface area (Å²) in [6.07, 6.45) is 7.55. The summed E-state index contributed by atoms with van der Waals surface area (Å²) in [4.78, 5) is 0. The summed E-state index contributed by atoms with van der Waals surface area (Å²) >= 11 is 0. The lowest BCUT2D eigenvalue weighted by Crippen LogP contribution is -2.07. The van der Waals surface area contributed by atoms with E-state index in [9.17, 15) is 0 Å². The van der Waals surface area contributed by atoms with E-state index in [1.54, 1.807) is 7.11 Å². The molecule has 0 saturated heterocycles. The molecule has 1 aromatic carbocycles. The molecule has 0 heterocycles. The molecule has 2 rings (SSSR count). The zero-order valence-electron chi connectivity index (χ0n) is 9.28. The molecular weight excluding hydrogens is 184 g/mol. The molecule has 0 amide bonds. The number of benzene rings is 1. The van der Waals surface area contributed by atoms with E-state index < -0.39 is 0 Å². The monoisotopic (exact) mass is 202 g/mol. The molecule has 0 spiro atoms. The Kier molecular flexibility index (Phi) is 3.57. The first-order valence-corrected chi connectivity index (χ1v) is 5.68. The van der Waals surface area contributed by atoms with Crippen LogP contribution in [0.4, 0.5) is 0 Å². The Hall–Kier alpha value is -1.08. The van der Waals surface area contributed by atoms with Gasteiger partial charge in [-0.2, -0.15) is 0 Å². The fourth-order valence-electron chi connectivity index (χ4n) is 2.23. The first-order valence-electron chi connectivity index (χ1n) is 5.68. The number of hydrogen-bond acceptors (Lipinski definition) is 1. The van der Waals surface area contributed by atoms with Gasteiger partial charge in [-0.25, -0.2) is 0 Å². The van der Waals surface area contributed by atoms with E-state index in [1.807, 2.05) is 6.07 Å². The standard InChI is InChI=1S/C14H18O/c1-15-14(12-8-4-2-5-9-12)13-10-6-3-7-11-13/h2,4-5,8-10,14H,3,6-7,11H2,1H3. The molecule has 1 aromatic rings. The topological polar surface area (TPSA) is 9.23 Å². The van der Waals surface area contributed by atoms with E-state index in [0.29, 0.717) is 0 Å². The second-order valence-corrected chi connectivity index (χ2v) is 4.05. The van der Waals surface area contributed by atoms with E-state index in [4.69, 9.17) is 4.74 Å². The first-order chi connectivity index (χ1) is 7.42. The highest BCUT2D eigenvalue weighted by molar-refractivity contribution is 5.27. The third kappa shape index (κ3) is 2.48. The summed E-state index contributed by atoms with van der Waals surface area (Å²) < 4.78 is 5.61. The van der Waals surface area contributed by atoms with Gasteiger partial charge in [-0.05, 0) is 36.8 Å². The smallest absolute Gasteiger partial charge is 0.103 e. The van der Waals surface area contributed by atoms with E-state index in [-0.39, 0.29) is 6.10 Å². The molecule has 0 bridgehead atoms. The van der Waals surface area contributed by atoms with Gasteiger partial charge >= 0.3 is 0 Å². The summed E-state index contributed by atoms with van der Waals surface area (Å²) in [5.74, 6) is 0. The van der Waals surface area contributed by atoms with Crippen LogP contribution < -0.4 is 0 Å². The van der Waals surface area contributed by atoms with Crippen molar-refractivity contribution in [2.24, 2.45) is 0 Å². The molecule has 1 aliphatic rings. The molecule has 0 radical (unpaired) electrons. The Morgan fingerprint density at radius 1 is 1.13 bits per heavy atom. The molecule has 0 saturated carbocycles. The highest BCUT2D eigenvalue weighted by Crippen LogP contribution is 2.31. The Morgan fingerprint density at radius 3 is 2.53 bits per heavy atom. The molecule has 1 heteroatoms. The average Bonchev–Trinajstić information content (AvgIpc) is 2.33. The van der Waals surface area contributed by atoms with E-state index in [2.05, 4.69) is 30.3 Å². The minimum atomic E-state index is 0.173. The fourth-order valence-corrected chi connectivity index (χ4v) is 2.23. The van der Waals surface area contributed by atoms with Gasteiger partial charge in [0.1, 0.15) is 6.10 Å². The van der Waals surface area contributed by atoms with E-state index in [0.717, 1.165) is 0 Å². The number of allylic oxidation sites excluding steroid dienone is 1. The molecule has 0 aliphatic heterocycles. The highest BCUT2D eigenvalue weighted by atomic mass is 16.5. The molecule has 1 unspecified atom stereocenters. The lowest BCUT2D eigenvalue weighted by atomic mass is 9.92. The Morgan fingerprint density at radius 2 is 1.93 bits per heavy atom. The fraction of sp³-hybridized carbons (Fsp3) is 0.429. The van der Waals surface area contributed by atoms with Gasteiger partial charge in [0, 0.05) is 7.11 Å².